The van der Waals surface area contributed by atoms with E-state index in [0.717, 1.165) is 40.0 Å². The van der Waals surface area contributed by atoms with Crippen LogP contribution < -0.4 is 10.9 Å². The van der Waals surface area contributed by atoms with Crippen LogP contribution in [0.4, 0.5) is 0 Å². The van der Waals surface area contributed by atoms with Crippen LogP contribution in [0.2, 0.25) is 0 Å². The average molecular weight is 434 g/mol. The lowest BCUT2D eigenvalue weighted by Crippen LogP contribution is -2.46. The molecule has 1 aliphatic carbocycles. The van der Waals surface area contributed by atoms with Gasteiger partial charge in [-0.2, -0.15) is 0 Å². The van der Waals surface area contributed by atoms with E-state index < -0.39 is 0 Å². The highest BCUT2D eigenvalue weighted by Gasteiger charge is 2.26. The fourth-order valence-electron chi connectivity index (χ4n) is 4.55. The van der Waals surface area contributed by atoms with Crippen molar-refractivity contribution in [2.24, 2.45) is 0 Å². The number of pyridine rings is 1. The Labute approximate surface area is 189 Å². The molecule has 1 saturated carbocycles. The SMILES string of the molecule is Cc1ccc2cc(CN(C(=S)NC(C)c3ccccc3)C3CCCC3)c(=O)[nH]c2c1C. The average Bonchev–Trinajstić information content (AvgIpc) is 3.30. The first-order valence-electron chi connectivity index (χ1n) is 11.2. The van der Waals surface area contributed by atoms with E-state index in [1.165, 1.54) is 24.0 Å². The van der Waals surface area contributed by atoms with Gasteiger partial charge in [-0.25, -0.2) is 0 Å². The van der Waals surface area contributed by atoms with Crippen molar-refractivity contribution in [1.82, 2.24) is 15.2 Å². The summed E-state index contributed by atoms with van der Waals surface area (Å²) in [6.07, 6.45) is 4.66. The van der Waals surface area contributed by atoms with Gasteiger partial charge in [-0.05, 0) is 74.0 Å². The lowest BCUT2D eigenvalue weighted by molar-refractivity contribution is 0.300. The van der Waals surface area contributed by atoms with Crippen molar-refractivity contribution >= 4 is 28.2 Å². The maximum Gasteiger partial charge on any atom is 0.253 e. The van der Waals surface area contributed by atoms with Gasteiger partial charge in [0.25, 0.3) is 5.56 Å². The number of H-pyrrole nitrogens is 1. The lowest BCUT2D eigenvalue weighted by Gasteiger charge is -2.33. The number of fused-ring (bicyclic) bond motifs is 1. The van der Waals surface area contributed by atoms with Crippen LogP contribution in [0, 0.1) is 13.8 Å². The van der Waals surface area contributed by atoms with Gasteiger partial charge in [-0.1, -0.05) is 55.3 Å². The number of thiocarbonyl (C=S) groups is 1. The highest BCUT2D eigenvalue weighted by atomic mass is 32.1. The second kappa shape index (κ2) is 9.23. The predicted octanol–water partition coefficient (Wildman–Crippen LogP) is 5.53. The lowest BCUT2D eigenvalue weighted by atomic mass is 10.0. The number of nitrogens with zero attached hydrogens (tertiary/aromatic N) is 1. The van der Waals surface area contributed by atoms with Crippen LogP contribution in [0.1, 0.15) is 60.9 Å². The van der Waals surface area contributed by atoms with E-state index in [1.54, 1.807) is 0 Å². The third kappa shape index (κ3) is 4.67. The smallest absolute Gasteiger partial charge is 0.253 e. The summed E-state index contributed by atoms with van der Waals surface area (Å²) < 4.78 is 0. The first-order valence-corrected chi connectivity index (χ1v) is 11.6. The van der Waals surface area contributed by atoms with Crippen molar-refractivity contribution < 1.29 is 0 Å². The Morgan fingerprint density at radius 1 is 1.16 bits per heavy atom. The molecule has 4 rings (SSSR count). The minimum Gasteiger partial charge on any atom is -0.356 e. The minimum absolute atomic E-state index is 0.0249. The third-order valence-corrected chi connectivity index (χ3v) is 6.99. The van der Waals surface area contributed by atoms with E-state index in [1.807, 2.05) is 24.3 Å². The Balaban J connectivity index is 1.61. The molecule has 1 aromatic heterocycles. The molecule has 0 spiro atoms. The standard InChI is InChI=1S/C26H31N3OS/c1-17-13-14-21-15-22(25(30)28-24(21)18(17)2)16-29(23-11-7-8-12-23)26(31)27-19(3)20-9-5-4-6-10-20/h4-6,9-10,13-15,19,23H,7-8,11-12,16H2,1-3H3,(H,27,31)(H,28,30). The molecule has 162 valence electrons. The fourth-order valence-corrected chi connectivity index (χ4v) is 4.94. The molecule has 2 N–H and O–H groups in total. The van der Waals surface area contributed by atoms with Crippen LogP contribution in [-0.2, 0) is 6.54 Å². The van der Waals surface area contributed by atoms with Crippen LogP contribution in [0.3, 0.4) is 0 Å². The quantitative estimate of drug-likeness (QED) is 0.520. The molecule has 5 heteroatoms. The summed E-state index contributed by atoms with van der Waals surface area (Å²) >= 11 is 5.87. The summed E-state index contributed by atoms with van der Waals surface area (Å²) in [5.41, 5.74) is 5.18. The van der Waals surface area contributed by atoms with Crippen molar-refractivity contribution in [3.63, 3.8) is 0 Å². The van der Waals surface area contributed by atoms with Crippen LogP contribution >= 0.6 is 12.2 Å². The summed E-state index contributed by atoms with van der Waals surface area (Å²) in [6.45, 7) is 6.78. The molecule has 0 radical (unpaired) electrons. The number of rotatable bonds is 5. The minimum atomic E-state index is -0.0249. The maximum atomic E-state index is 13.0. The zero-order chi connectivity index (χ0) is 22.0. The molecular weight excluding hydrogens is 402 g/mol. The molecule has 1 unspecified atom stereocenters. The predicted molar refractivity (Wildman–Crippen MR) is 132 cm³/mol. The maximum absolute atomic E-state index is 13.0. The molecule has 3 aromatic rings. The number of benzene rings is 2. The Hall–Kier alpha value is -2.66. The van der Waals surface area contributed by atoms with E-state index in [4.69, 9.17) is 12.2 Å². The highest BCUT2D eigenvalue weighted by Crippen LogP contribution is 2.26. The van der Waals surface area contributed by atoms with Crippen LogP contribution in [0.25, 0.3) is 10.9 Å². The Kier molecular flexibility index (Phi) is 6.42. The normalized spacial score (nSPS) is 15.2. The fraction of sp³-hybridized carbons (Fsp3) is 0.385. The Morgan fingerprint density at radius 3 is 2.58 bits per heavy atom. The van der Waals surface area contributed by atoms with Gasteiger partial charge in [0.1, 0.15) is 0 Å². The van der Waals surface area contributed by atoms with Gasteiger partial charge in [-0.15, -0.1) is 0 Å². The summed E-state index contributed by atoms with van der Waals surface area (Å²) in [7, 11) is 0. The molecule has 0 bridgehead atoms. The molecular formula is C26H31N3OS. The molecule has 0 saturated heterocycles. The molecule has 4 nitrogen and oxygen atoms in total. The molecule has 1 fully saturated rings. The second-order valence-corrected chi connectivity index (χ2v) is 9.13. The third-order valence-electron chi connectivity index (χ3n) is 6.63. The zero-order valence-electron chi connectivity index (χ0n) is 18.6. The van der Waals surface area contributed by atoms with E-state index >= 15 is 0 Å². The van der Waals surface area contributed by atoms with Crippen molar-refractivity contribution in [3.05, 3.63) is 81.1 Å². The number of aryl methyl sites for hydroxylation is 2. The molecule has 1 aliphatic rings. The molecule has 2 aromatic carbocycles. The van der Waals surface area contributed by atoms with Crippen molar-refractivity contribution in [2.75, 3.05) is 0 Å². The molecule has 1 heterocycles. The van der Waals surface area contributed by atoms with E-state index in [0.29, 0.717) is 12.6 Å². The number of nitrogens with one attached hydrogen (secondary N) is 2. The van der Waals surface area contributed by atoms with Gasteiger partial charge in [0.05, 0.1) is 18.1 Å². The number of hydrogen-bond acceptors (Lipinski definition) is 2. The van der Waals surface area contributed by atoms with E-state index in [2.05, 4.69) is 60.2 Å². The number of aromatic amines is 1. The van der Waals surface area contributed by atoms with E-state index in [-0.39, 0.29) is 11.6 Å². The molecule has 0 amide bonds. The van der Waals surface area contributed by atoms with Gasteiger partial charge >= 0.3 is 0 Å². The van der Waals surface area contributed by atoms with Crippen molar-refractivity contribution in [3.8, 4) is 0 Å². The Morgan fingerprint density at radius 2 is 1.87 bits per heavy atom. The van der Waals surface area contributed by atoms with Gasteiger partial charge in [0, 0.05) is 11.6 Å². The van der Waals surface area contributed by atoms with Gasteiger partial charge in [0.2, 0.25) is 0 Å². The second-order valence-electron chi connectivity index (χ2n) is 8.74. The zero-order valence-corrected chi connectivity index (χ0v) is 19.4. The van der Waals surface area contributed by atoms with Gasteiger partial charge in [0.15, 0.2) is 5.11 Å². The highest BCUT2D eigenvalue weighted by molar-refractivity contribution is 7.80. The summed E-state index contributed by atoms with van der Waals surface area (Å²) in [6, 6.07) is 17.0. The van der Waals surface area contributed by atoms with Crippen molar-refractivity contribution in [1.29, 1.82) is 0 Å². The number of hydrogen-bond donors (Lipinski definition) is 2. The summed E-state index contributed by atoms with van der Waals surface area (Å²) in [4.78, 5) is 18.3. The summed E-state index contributed by atoms with van der Waals surface area (Å²) in [5, 5.41) is 5.31. The number of aromatic nitrogens is 1. The Bertz CT molecular complexity index is 1130. The molecule has 31 heavy (non-hydrogen) atoms. The summed E-state index contributed by atoms with van der Waals surface area (Å²) in [5.74, 6) is 0. The van der Waals surface area contributed by atoms with Crippen LogP contribution in [-0.4, -0.2) is 21.0 Å². The van der Waals surface area contributed by atoms with Crippen LogP contribution in [0.5, 0.6) is 0 Å². The topological polar surface area (TPSA) is 48.1 Å². The largest absolute Gasteiger partial charge is 0.356 e. The van der Waals surface area contributed by atoms with E-state index in [9.17, 15) is 4.79 Å². The van der Waals surface area contributed by atoms with Gasteiger partial charge < -0.3 is 15.2 Å². The first-order chi connectivity index (χ1) is 14.9. The van der Waals surface area contributed by atoms with Crippen LogP contribution in [0.15, 0.2) is 53.3 Å². The van der Waals surface area contributed by atoms with Gasteiger partial charge in [-0.3, -0.25) is 4.79 Å². The monoisotopic (exact) mass is 433 g/mol. The molecule has 0 aliphatic heterocycles. The van der Waals surface area contributed by atoms with Crippen molar-refractivity contribution in [2.45, 2.75) is 65.1 Å². The first kappa shape index (κ1) is 21.6. The molecule has 1 atom stereocenters.